The van der Waals surface area contributed by atoms with E-state index in [4.69, 9.17) is 16.3 Å². The molecule has 0 unspecified atom stereocenters. The Balaban J connectivity index is 2.15. The molecule has 2 aromatic rings. The molecule has 0 saturated carbocycles. The molecular formula is C16H15BrClNO2. The summed E-state index contributed by atoms with van der Waals surface area (Å²) in [5, 5.41) is 3.43. The maximum atomic E-state index is 12.2. The number of benzene rings is 2. The molecule has 0 aliphatic carbocycles. The van der Waals surface area contributed by atoms with Gasteiger partial charge in [0, 0.05) is 27.2 Å². The maximum absolute atomic E-state index is 12.2. The first-order chi connectivity index (χ1) is 10.0. The number of hydrogen-bond acceptors (Lipinski definition) is 2. The van der Waals surface area contributed by atoms with E-state index in [0.29, 0.717) is 22.9 Å². The number of amides is 1. The minimum absolute atomic E-state index is 0.152. The fourth-order valence-corrected chi connectivity index (χ4v) is 2.88. The first-order valence-corrected chi connectivity index (χ1v) is 7.55. The molecule has 0 atom stereocenters. The molecule has 0 saturated heterocycles. The average Bonchev–Trinajstić information content (AvgIpc) is 2.44. The van der Waals surface area contributed by atoms with Crippen molar-refractivity contribution < 1.29 is 9.53 Å². The second kappa shape index (κ2) is 6.96. The summed E-state index contributed by atoms with van der Waals surface area (Å²) in [5.41, 5.74) is 2.39. The van der Waals surface area contributed by atoms with Crippen molar-refractivity contribution in [2.75, 3.05) is 7.11 Å². The Morgan fingerprint density at radius 2 is 2.10 bits per heavy atom. The molecule has 110 valence electrons. The van der Waals surface area contributed by atoms with E-state index < -0.39 is 0 Å². The zero-order valence-electron chi connectivity index (χ0n) is 11.7. The van der Waals surface area contributed by atoms with Gasteiger partial charge in [-0.3, -0.25) is 4.79 Å². The van der Waals surface area contributed by atoms with E-state index in [0.717, 1.165) is 15.6 Å². The maximum Gasteiger partial charge on any atom is 0.251 e. The molecule has 0 heterocycles. The molecule has 1 amide bonds. The van der Waals surface area contributed by atoms with Gasteiger partial charge in [-0.05, 0) is 42.8 Å². The predicted molar refractivity (Wildman–Crippen MR) is 88.1 cm³/mol. The van der Waals surface area contributed by atoms with E-state index in [9.17, 15) is 4.79 Å². The van der Waals surface area contributed by atoms with Gasteiger partial charge in [-0.1, -0.05) is 33.6 Å². The second-order valence-electron chi connectivity index (χ2n) is 4.62. The largest absolute Gasteiger partial charge is 0.496 e. The fourth-order valence-electron chi connectivity index (χ4n) is 2.04. The molecule has 0 radical (unpaired) electrons. The van der Waals surface area contributed by atoms with Gasteiger partial charge in [-0.15, -0.1) is 0 Å². The molecule has 0 aromatic heterocycles. The molecule has 0 fully saturated rings. The van der Waals surface area contributed by atoms with Crippen LogP contribution in [0.2, 0.25) is 5.02 Å². The van der Waals surface area contributed by atoms with E-state index in [2.05, 4.69) is 21.2 Å². The third-order valence-corrected chi connectivity index (χ3v) is 3.84. The van der Waals surface area contributed by atoms with Gasteiger partial charge in [0.15, 0.2) is 0 Å². The summed E-state index contributed by atoms with van der Waals surface area (Å²) < 4.78 is 6.14. The molecule has 0 spiro atoms. The monoisotopic (exact) mass is 367 g/mol. The number of aryl methyl sites for hydroxylation is 1. The molecule has 0 aliphatic heterocycles. The summed E-state index contributed by atoms with van der Waals surface area (Å²) >= 11 is 9.54. The lowest BCUT2D eigenvalue weighted by atomic mass is 10.1. The van der Waals surface area contributed by atoms with Crippen molar-refractivity contribution in [1.82, 2.24) is 5.32 Å². The van der Waals surface area contributed by atoms with Crippen LogP contribution in [0.1, 0.15) is 21.5 Å². The van der Waals surface area contributed by atoms with Gasteiger partial charge >= 0.3 is 0 Å². The first kappa shape index (κ1) is 15.9. The van der Waals surface area contributed by atoms with Crippen LogP contribution in [0, 0.1) is 6.92 Å². The Morgan fingerprint density at radius 3 is 2.76 bits per heavy atom. The zero-order chi connectivity index (χ0) is 15.4. The molecule has 5 heteroatoms. The van der Waals surface area contributed by atoms with Crippen LogP contribution < -0.4 is 10.1 Å². The smallest absolute Gasteiger partial charge is 0.251 e. The van der Waals surface area contributed by atoms with Gasteiger partial charge in [0.1, 0.15) is 5.75 Å². The third-order valence-electron chi connectivity index (χ3n) is 3.03. The Morgan fingerprint density at radius 1 is 1.33 bits per heavy atom. The second-order valence-corrected chi connectivity index (χ2v) is 5.94. The fraction of sp³-hybridized carbons (Fsp3) is 0.188. The third kappa shape index (κ3) is 3.99. The van der Waals surface area contributed by atoms with Crippen LogP contribution in [0.25, 0.3) is 0 Å². The zero-order valence-corrected chi connectivity index (χ0v) is 14.1. The highest BCUT2D eigenvalue weighted by molar-refractivity contribution is 9.10. The summed E-state index contributed by atoms with van der Waals surface area (Å²) in [6.45, 7) is 2.26. The van der Waals surface area contributed by atoms with Gasteiger partial charge in [0.05, 0.1) is 7.11 Å². The lowest BCUT2D eigenvalue weighted by Crippen LogP contribution is -2.23. The Labute approximate surface area is 137 Å². The van der Waals surface area contributed by atoms with Crippen LogP contribution in [0.3, 0.4) is 0 Å². The van der Waals surface area contributed by atoms with Gasteiger partial charge in [0.25, 0.3) is 5.91 Å². The minimum atomic E-state index is -0.152. The number of ether oxygens (including phenoxy) is 1. The first-order valence-electron chi connectivity index (χ1n) is 6.38. The van der Waals surface area contributed by atoms with E-state index in [1.54, 1.807) is 19.2 Å². The predicted octanol–water partition coefficient (Wildman–Crippen LogP) is 4.35. The van der Waals surface area contributed by atoms with E-state index in [1.807, 2.05) is 31.2 Å². The van der Waals surface area contributed by atoms with E-state index >= 15 is 0 Å². The van der Waals surface area contributed by atoms with Crippen molar-refractivity contribution in [3.05, 3.63) is 62.6 Å². The molecule has 2 aromatic carbocycles. The van der Waals surface area contributed by atoms with Gasteiger partial charge in [-0.25, -0.2) is 0 Å². The Hall–Kier alpha value is -1.52. The summed E-state index contributed by atoms with van der Waals surface area (Å²) in [6.07, 6.45) is 0. The number of methoxy groups -OCH3 is 1. The van der Waals surface area contributed by atoms with Crippen molar-refractivity contribution in [3.63, 3.8) is 0 Å². The van der Waals surface area contributed by atoms with Crippen LogP contribution in [-0.2, 0) is 6.54 Å². The lowest BCUT2D eigenvalue weighted by Gasteiger charge is -2.12. The Bertz CT molecular complexity index is 653. The van der Waals surface area contributed by atoms with E-state index in [1.165, 1.54) is 0 Å². The number of halogens is 2. The average molecular weight is 369 g/mol. The summed E-state index contributed by atoms with van der Waals surface area (Å²) in [7, 11) is 1.58. The molecule has 3 nitrogen and oxygen atoms in total. The van der Waals surface area contributed by atoms with Gasteiger partial charge in [-0.2, -0.15) is 0 Å². The van der Waals surface area contributed by atoms with Crippen LogP contribution >= 0.6 is 27.5 Å². The lowest BCUT2D eigenvalue weighted by molar-refractivity contribution is 0.0950. The van der Waals surface area contributed by atoms with E-state index in [-0.39, 0.29) is 5.91 Å². The number of carbonyl (C=O) groups excluding carboxylic acids is 1. The van der Waals surface area contributed by atoms with Crippen LogP contribution in [0.4, 0.5) is 0 Å². The van der Waals surface area contributed by atoms with Crippen molar-refractivity contribution in [2.45, 2.75) is 13.5 Å². The Kier molecular flexibility index (Phi) is 5.26. The van der Waals surface area contributed by atoms with Crippen molar-refractivity contribution in [1.29, 1.82) is 0 Å². The van der Waals surface area contributed by atoms with Crippen molar-refractivity contribution in [3.8, 4) is 5.75 Å². The number of hydrogen-bond donors (Lipinski definition) is 1. The number of nitrogens with one attached hydrogen (secondary N) is 1. The normalized spacial score (nSPS) is 10.3. The van der Waals surface area contributed by atoms with Crippen LogP contribution in [0.5, 0.6) is 5.75 Å². The van der Waals surface area contributed by atoms with Crippen molar-refractivity contribution >= 4 is 33.4 Å². The standard InChI is InChI=1S/C16H15BrClNO2/c1-10-6-11(8-12(17)7-10)16(20)19-9-13-14(18)4-3-5-15(13)21-2/h3-8H,9H2,1-2H3,(H,19,20). The highest BCUT2D eigenvalue weighted by atomic mass is 79.9. The minimum Gasteiger partial charge on any atom is -0.496 e. The highest BCUT2D eigenvalue weighted by Gasteiger charge is 2.11. The molecule has 0 aliphatic rings. The van der Waals surface area contributed by atoms with Crippen molar-refractivity contribution in [2.24, 2.45) is 0 Å². The molecule has 0 bridgehead atoms. The molecular weight excluding hydrogens is 354 g/mol. The SMILES string of the molecule is COc1cccc(Cl)c1CNC(=O)c1cc(C)cc(Br)c1. The van der Waals surface area contributed by atoms with Crippen LogP contribution in [0.15, 0.2) is 40.9 Å². The number of carbonyl (C=O) groups is 1. The van der Waals surface area contributed by atoms with Gasteiger partial charge in [0.2, 0.25) is 0 Å². The van der Waals surface area contributed by atoms with Crippen LogP contribution in [-0.4, -0.2) is 13.0 Å². The molecule has 1 N–H and O–H groups in total. The molecule has 2 rings (SSSR count). The highest BCUT2D eigenvalue weighted by Crippen LogP contribution is 2.26. The molecule has 21 heavy (non-hydrogen) atoms. The number of rotatable bonds is 4. The van der Waals surface area contributed by atoms with Gasteiger partial charge < -0.3 is 10.1 Å². The summed E-state index contributed by atoms with van der Waals surface area (Å²) in [5.74, 6) is 0.509. The summed E-state index contributed by atoms with van der Waals surface area (Å²) in [4.78, 5) is 12.2. The quantitative estimate of drug-likeness (QED) is 0.871. The summed E-state index contributed by atoms with van der Waals surface area (Å²) in [6, 6.07) is 11.0. The topological polar surface area (TPSA) is 38.3 Å².